The quantitative estimate of drug-likeness (QED) is 0.695. The fraction of sp³-hybridized carbons (Fsp3) is 0.250. The van der Waals surface area contributed by atoms with Crippen molar-refractivity contribution >= 4 is 28.6 Å². The average molecular weight is 194 g/mol. The van der Waals surface area contributed by atoms with E-state index in [2.05, 4.69) is 9.97 Å². The highest BCUT2D eigenvalue weighted by molar-refractivity contribution is 7.98. The zero-order valence-corrected chi connectivity index (χ0v) is 8.30. The van der Waals surface area contributed by atoms with Crippen LogP contribution in [-0.2, 0) is 7.05 Å². The number of nitrogens with zero attached hydrogens (tertiary/aromatic N) is 3. The van der Waals surface area contributed by atoms with Gasteiger partial charge in [-0.1, -0.05) is 11.8 Å². The number of imidazole rings is 1. The number of aryl methyl sites for hydroxylation is 1. The van der Waals surface area contributed by atoms with Crippen LogP contribution in [0.25, 0.3) is 11.2 Å². The van der Waals surface area contributed by atoms with Crippen molar-refractivity contribution in [2.24, 2.45) is 7.05 Å². The molecule has 68 valence electrons. The van der Waals surface area contributed by atoms with Gasteiger partial charge in [0.2, 0.25) is 0 Å². The molecule has 0 aliphatic carbocycles. The van der Waals surface area contributed by atoms with Gasteiger partial charge in [-0.05, 0) is 12.3 Å². The van der Waals surface area contributed by atoms with Gasteiger partial charge in [0.25, 0.3) is 0 Å². The second-order valence-electron chi connectivity index (χ2n) is 2.77. The van der Waals surface area contributed by atoms with Gasteiger partial charge < -0.3 is 10.3 Å². The van der Waals surface area contributed by atoms with Crippen molar-refractivity contribution in [2.75, 3.05) is 12.0 Å². The molecule has 0 amide bonds. The molecule has 2 aromatic rings. The molecule has 0 radical (unpaired) electrons. The minimum atomic E-state index is 0.651. The Morgan fingerprint density at radius 3 is 3.00 bits per heavy atom. The van der Waals surface area contributed by atoms with Gasteiger partial charge in [0.05, 0.1) is 11.9 Å². The lowest BCUT2D eigenvalue weighted by Gasteiger charge is -1.96. The Kier molecular flexibility index (Phi) is 1.88. The first-order chi connectivity index (χ1) is 6.22. The van der Waals surface area contributed by atoms with Crippen LogP contribution in [-0.4, -0.2) is 20.8 Å². The van der Waals surface area contributed by atoms with E-state index in [0.29, 0.717) is 5.69 Å². The van der Waals surface area contributed by atoms with Crippen molar-refractivity contribution in [3.05, 3.63) is 12.3 Å². The van der Waals surface area contributed by atoms with E-state index in [1.807, 2.05) is 23.9 Å². The summed E-state index contributed by atoms with van der Waals surface area (Å²) < 4.78 is 1.96. The number of nitrogens with two attached hydrogens (primary N) is 1. The van der Waals surface area contributed by atoms with Crippen molar-refractivity contribution in [2.45, 2.75) is 5.16 Å². The molecule has 0 fully saturated rings. The normalized spacial score (nSPS) is 10.9. The molecule has 0 unspecified atom stereocenters. The average Bonchev–Trinajstić information content (AvgIpc) is 2.42. The summed E-state index contributed by atoms with van der Waals surface area (Å²) in [7, 11) is 1.95. The van der Waals surface area contributed by atoms with Crippen LogP contribution >= 0.6 is 11.8 Å². The van der Waals surface area contributed by atoms with Crippen molar-refractivity contribution in [1.82, 2.24) is 14.5 Å². The molecule has 0 bridgehead atoms. The monoisotopic (exact) mass is 194 g/mol. The smallest absolute Gasteiger partial charge is 0.169 e. The van der Waals surface area contributed by atoms with Crippen LogP contribution in [0.4, 0.5) is 5.69 Å². The molecule has 4 nitrogen and oxygen atoms in total. The molecular weight excluding hydrogens is 184 g/mol. The Morgan fingerprint density at radius 1 is 1.54 bits per heavy atom. The van der Waals surface area contributed by atoms with Crippen LogP contribution in [0.1, 0.15) is 0 Å². The SMILES string of the molecule is CSc1nc2cc(N)cnc2n1C. The molecule has 0 aromatic carbocycles. The standard InChI is InChI=1S/C8H10N4S/c1-12-7-6(11-8(12)13-2)3-5(9)4-10-7/h3-4H,9H2,1-2H3. The van der Waals surface area contributed by atoms with Crippen molar-refractivity contribution in [1.29, 1.82) is 0 Å². The maximum absolute atomic E-state index is 5.61. The number of nitrogen functional groups attached to an aromatic ring is 1. The maximum Gasteiger partial charge on any atom is 0.169 e. The Hall–Kier alpha value is -1.23. The number of rotatable bonds is 1. The lowest BCUT2D eigenvalue weighted by atomic mass is 10.4. The second-order valence-corrected chi connectivity index (χ2v) is 3.54. The molecule has 13 heavy (non-hydrogen) atoms. The van der Waals surface area contributed by atoms with Gasteiger partial charge >= 0.3 is 0 Å². The third-order valence-corrected chi connectivity index (χ3v) is 2.60. The third-order valence-electron chi connectivity index (χ3n) is 1.87. The summed E-state index contributed by atoms with van der Waals surface area (Å²) in [5, 5.41) is 0.952. The summed E-state index contributed by atoms with van der Waals surface area (Å²) in [5.41, 5.74) is 7.98. The zero-order valence-electron chi connectivity index (χ0n) is 7.48. The van der Waals surface area contributed by atoms with Crippen molar-refractivity contribution in [3.63, 3.8) is 0 Å². The largest absolute Gasteiger partial charge is 0.397 e. The van der Waals surface area contributed by atoms with Gasteiger partial charge in [0, 0.05) is 7.05 Å². The van der Waals surface area contributed by atoms with Crippen LogP contribution in [0, 0.1) is 0 Å². The van der Waals surface area contributed by atoms with Crippen LogP contribution < -0.4 is 5.73 Å². The number of fused-ring (bicyclic) bond motifs is 1. The van der Waals surface area contributed by atoms with Crippen LogP contribution in [0.5, 0.6) is 0 Å². The third kappa shape index (κ3) is 1.25. The summed E-state index contributed by atoms with van der Waals surface area (Å²) in [6, 6.07) is 1.84. The number of pyridine rings is 1. The van der Waals surface area contributed by atoms with E-state index in [1.165, 1.54) is 0 Å². The van der Waals surface area contributed by atoms with Crippen LogP contribution in [0.3, 0.4) is 0 Å². The molecule has 5 heteroatoms. The highest BCUT2D eigenvalue weighted by atomic mass is 32.2. The summed E-state index contributed by atoms with van der Waals surface area (Å²) in [6.07, 6.45) is 3.64. The Labute approximate surface area is 80.2 Å². The fourth-order valence-electron chi connectivity index (χ4n) is 1.25. The van der Waals surface area contributed by atoms with E-state index in [1.54, 1.807) is 18.0 Å². The Bertz CT molecular complexity index is 449. The van der Waals surface area contributed by atoms with Gasteiger partial charge in [0.1, 0.15) is 5.52 Å². The summed E-state index contributed by atoms with van der Waals surface area (Å²) in [6.45, 7) is 0. The number of aromatic nitrogens is 3. The molecule has 0 aliphatic heterocycles. The van der Waals surface area contributed by atoms with Gasteiger partial charge in [-0.25, -0.2) is 9.97 Å². The van der Waals surface area contributed by atoms with Crippen LogP contribution in [0.2, 0.25) is 0 Å². The van der Waals surface area contributed by atoms with E-state index >= 15 is 0 Å². The minimum Gasteiger partial charge on any atom is -0.397 e. The van der Waals surface area contributed by atoms with E-state index in [0.717, 1.165) is 16.3 Å². The van der Waals surface area contributed by atoms with Gasteiger partial charge in [0.15, 0.2) is 10.8 Å². The summed E-state index contributed by atoms with van der Waals surface area (Å²) in [5.74, 6) is 0. The van der Waals surface area contributed by atoms with Crippen LogP contribution in [0.15, 0.2) is 17.4 Å². The second kappa shape index (κ2) is 2.92. The number of thioether (sulfide) groups is 1. The zero-order chi connectivity index (χ0) is 9.42. The van der Waals surface area contributed by atoms with E-state index < -0.39 is 0 Å². The molecule has 0 saturated carbocycles. The highest BCUT2D eigenvalue weighted by Gasteiger charge is 2.07. The fourth-order valence-corrected chi connectivity index (χ4v) is 1.80. The maximum atomic E-state index is 5.61. The molecule has 0 aliphatic rings. The number of anilines is 1. The Balaban J connectivity index is 2.76. The molecule has 2 rings (SSSR count). The van der Waals surface area contributed by atoms with Gasteiger partial charge in [-0.2, -0.15) is 0 Å². The predicted octanol–water partition coefficient (Wildman–Crippen LogP) is 1.27. The van der Waals surface area contributed by atoms with E-state index in [-0.39, 0.29) is 0 Å². The molecule has 0 spiro atoms. The van der Waals surface area contributed by atoms with Gasteiger partial charge in [-0.15, -0.1) is 0 Å². The first-order valence-electron chi connectivity index (χ1n) is 3.84. The van der Waals surface area contributed by atoms with Crippen molar-refractivity contribution < 1.29 is 0 Å². The first kappa shape index (κ1) is 8.37. The lowest BCUT2D eigenvalue weighted by Crippen LogP contribution is -1.92. The molecule has 2 N–H and O–H groups in total. The predicted molar refractivity (Wildman–Crippen MR) is 54.7 cm³/mol. The first-order valence-corrected chi connectivity index (χ1v) is 5.07. The van der Waals surface area contributed by atoms with Crippen molar-refractivity contribution in [3.8, 4) is 0 Å². The molecular formula is C8H10N4S. The topological polar surface area (TPSA) is 56.7 Å². The number of hydrogen-bond acceptors (Lipinski definition) is 4. The molecule has 0 atom stereocenters. The molecule has 2 aromatic heterocycles. The van der Waals surface area contributed by atoms with E-state index in [4.69, 9.17) is 5.73 Å². The molecule has 2 heterocycles. The lowest BCUT2D eigenvalue weighted by molar-refractivity contribution is 0.807. The molecule has 0 saturated heterocycles. The summed E-state index contributed by atoms with van der Waals surface area (Å²) >= 11 is 1.60. The van der Waals surface area contributed by atoms with E-state index in [9.17, 15) is 0 Å². The minimum absolute atomic E-state index is 0.651. The number of hydrogen-bond donors (Lipinski definition) is 1. The van der Waals surface area contributed by atoms with Gasteiger partial charge in [-0.3, -0.25) is 0 Å². The Morgan fingerprint density at radius 2 is 2.31 bits per heavy atom. The highest BCUT2D eigenvalue weighted by Crippen LogP contribution is 2.20. The summed E-state index contributed by atoms with van der Waals surface area (Å²) in [4.78, 5) is 8.59.